The molecule has 0 aromatic heterocycles. The number of piperidine rings is 1. The highest BCUT2D eigenvalue weighted by molar-refractivity contribution is 7.89. The Labute approximate surface area is 201 Å². The fourth-order valence-corrected chi connectivity index (χ4v) is 5.56. The average Bonchev–Trinajstić information content (AvgIpc) is 2.84. The van der Waals surface area contributed by atoms with Gasteiger partial charge >= 0.3 is 0 Å². The van der Waals surface area contributed by atoms with Crippen LogP contribution in [-0.4, -0.2) is 64.3 Å². The SMILES string of the molecule is CN(C)S(=O)(=O)c1ccc2c(c1)N(CC(=O)NCCCc1ccccc1)C(=O)[C@@H]1CCCCN21. The number of anilines is 2. The Morgan fingerprint density at radius 2 is 1.85 bits per heavy atom. The molecular formula is C25H32N4O4S. The van der Waals surface area contributed by atoms with Crippen LogP contribution in [0.4, 0.5) is 11.4 Å². The molecule has 0 spiro atoms. The first-order chi connectivity index (χ1) is 16.3. The van der Waals surface area contributed by atoms with E-state index in [9.17, 15) is 18.0 Å². The van der Waals surface area contributed by atoms with E-state index in [0.717, 1.165) is 48.6 Å². The molecule has 2 aliphatic heterocycles. The largest absolute Gasteiger partial charge is 0.358 e. The van der Waals surface area contributed by atoms with Crippen LogP contribution in [0.1, 0.15) is 31.2 Å². The van der Waals surface area contributed by atoms with Crippen molar-refractivity contribution in [3.05, 3.63) is 54.1 Å². The highest BCUT2D eigenvalue weighted by Gasteiger charge is 2.40. The quantitative estimate of drug-likeness (QED) is 0.581. The molecule has 2 amide bonds. The Hall–Kier alpha value is -2.91. The first kappa shape index (κ1) is 24.2. The summed E-state index contributed by atoms with van der Waals surface area (Å²) in [5.74, 6) is -0.400. The minimum absolute atomic E-state index is 0.104. The topological polar surface area (TPSA) is 90.0 Å². The lowest BCUT2D eigenvalue weighted by atomic mass is 9.96. The van der Waals surface area contributed by atoms with Crippen molar-refractivity contribution in [3.8, 4) is 0 Å². The van der Waals surface area contributed by atoms with Gasteiger partial charge in [-0.1, -0.05) is 30.3 Å². The van der Waals surface area contributed by atoms with Gasteiger partial charge in [0.1, 0.15) is 12.6 Å². The molecule has 1 N–H and O–H groups in total. The summed E-state index contributed by atoms with van der Waals surface area (Å²) in [6.07, 6.45) is 4.31. The summed E-state index contributed by atoms with van der Waals surface area (Å²) in [6.45, 7) is 1.11. The lowest BCUT2D eigenvalue weighted by Crippen LogP contribution is -2.57. The van der Waals surface area contributed by atoms with Crippen molar-refractivity contribution in [1.82, 2.24) is 9.62 Å². The molecule has 2 heterocycles. The number of carbonyl (C=O) groups excluding carboxylic acids is 2. The number of aryl methyl sites for hydroxylation is 1. The highest BCUT2D eigenvalue weighted by Crippen LogP contribution is 2.40. The Kier molecular flexibility index (Phi) is 7.23. The van der Waals surface area contributed by atoms with Crippen LogP contribution in [0.2, 0.25) is 0 Å². The maximum atomic E-state index is 13.4. The number of nitrogens with zero attached hydrogens (tertiary/aromatic N) is 3. The van der Waals surface area contributed by atoms with Crippen molar-refractivity contribution >= 4 is 33.2 Å². The number of rotatable bonds is 8. The van der Waals surface area contributed by atoms with Crippen LogP contribution in [-0.2, 0) is 26.0 Å². The van der Waals surface area contributed by atoms with Gasteiger partial charge in [0.15, 0.2) is 0 Å². The molecule has 1 atom stereocenters. The summed E-state index contributed by atoms with van der Waals surface area (Å²) in [4.78, 5) is 29.8. The summed E-state index contributed by atoms with van der Waals surface area (Å²) < 4.78 is 26.6. The molecule has 0 bridgehead atoms. The van der Waals surface area contributed by atoms with Crippen LogP contribution in [0.25, 0.3) is 0 Å². The second-order valence-electron chi connectivity index (χ2n) is 9.01. The van der Waals surface area contributed by atoms with Crippen molar-refractivity contribution in [2.45, 2.75) is 43.0 Å². The lowest BCUT2D eigenvalue weighted by molar-refractivity contribution is -0.125. The number of nitrogens with one attached hydrogen (secondary N) is 1. The number of benzene rings is 2. The van der Waals surface area contributed by atoms with E-state index in [4.69, 9.17) is 0 Å². The fourth-order valence-electron chi connectivity index (χ4n) is 4.64. The highest BCUT2D eigenvalue weighted by atomic mass is 32.2. The van der Waals surface area contributed by atoms with Crippen LogP contribution in [0, 0.1) is 0 Å². The Bertz CT molecular complexity index is 1150. The zero-order valence-electron chi connectivity index (χ0n) is 19.7. The van der Waals surface area contributed by atoms with E-state index in [0.29, 0.717) is 12.2 Å². The van der Waals surface area contributed by atoms with Crippen LogP contribution in [0.3, 0.4) is 0 Å². The molecular weight excluding hydrogens is 452 g/mol. The van der Waals surface area contributed by atoms with Crippen LogP contribution in [0.5, 0.6) is 0 Å². The third kappa shape index (κ3) is 4.95. The third-order valence-corrected chi connectivity index (χ3v) is 8.30. The normalized spacial score (nSPS) is 18.0. The first-order valence-electron chi connectivity index (χ1n) is 11.7. The minimum Gasteiger partial charge on any atom is -0.358 e. The predicted octanol–water partition coefficient (Wildman–Crippen LogP) is 2.39. The van der Waals surface area contributed by atoms with Crippen molar-refractivity contribution in [3.63, 3.8) is 0 Å². The van der Waals surface area contributed by atoms with Gasteiger partial charge in [-0.15, -0.1) is 0 Å². The molecule has 0 aliphatic carbocycles. The molecule has 2 aromatic rings. The summed E-state index contributed by atoms with van der Waals surface area (Å²) >= 11 is 0. The molecule has 8 nitrogen and oxygen atoms in total. The molecule has 1 fully saturated rings. The second-order valence-corrected chi connectivity index (χ2v) is 11.2. The van der Waals surface area contributed by atoms with Gasteiger partial charge in [0.05, 0.1) is 16.3 Å². The molecule has 182 valence electrons. The maximum absolute atomic E-state index is 13.4. The van der Waals surface area contributed by atoms with E-state index >= 15 is 0 Å². The van der Waals surface area contributed by atoms with E-state index in [2.05, 4.69) is 22.3 Å². The van der Waals surface area contributed by atoms with Gasteiger partial charge in [-0.05, 0) is 55.9 Å². The Morgan fingerprint density at radius 1 is 1.09 bits per heavy atom. The van der Waals surface area contributed by atoms with Crippen molar-refractivity contribution in [2.24, 2.45) is 0 Å². The average molecular weight is 485 g/mol. The molecule has 0 saturated carbocycles. The maximum Gasteiger partial charge on any atom is 0.250 e. The number of hydrogen-bond acceptors (Lipinski definition) is 5. The summed E-state index contributed by atoms with van der Waals surface area (Å²) in [5, 5.41) is 2.91. The Morgan fingerprint density at radius 3 is 2.59 bits per heavy atom. The number of fused-ring (bicyclic) bond motifs is 3. The number of amides is 2. The number of carbonyl (C=O) groups is 2. The minimum atomic E-state index is -3.68. The monoisotopic (exact) mass is 484 g/mol. The predicted molar refractivity (Wildman–Crippen MR) is 132 cm³/mol. The summed E-state index contributed by atoms with van der Waals surface area (Å²) in [5.41, 5.74) is 2.49. The van der Waals surface area contributed by atoms with Gasteiger partial charge in [-0.2, -0.15) is 0 Å². The molecule has 0 radical (unpaired) electrons. The van der Waals surface area contributed by atoms with Gasteiger partial charge in [0.25, 0.3) is 0 Å². The molecule has 2 aliphatic rings. The van der Waals surface area contributed by atoms with Gasteiger partial charge in [-0.25, -0.2) is 12.7 Å². The van der Waals surface area contributed by atoms with E-state index in [1.54, 1.807) is 12.1 Å². The van der Waals surface area contributed by atoms with Gasteiger partial charge < -0.3 is 10.2 Å². The number of sulfonamides is 1. The van der Waals surface area contributed by atoms with Crippen LogP contribution >= 0.6 is 0 Å². The van der Waals surface area contributed by atoms with Crippen molar-refractivity contribution in [1.29, 1.82) is 0 Å². The summed E-state index contributed by atoms with van der Waals surface area (Å²) in [7, 11) is -0.730. The molecule has 34 heavy (non-hydrogen) atoms. The van der Waals surface area contributed by atoms with E-state index < -0.39 is 10.0 Å². The zero-order chi connectivity index (χ0) is 24.3. The number of hydrogen-bond donors (Lipinski definition) is 1. The molecule has 2 aromatic carbocycles. The van der Waals surface area contributed by atoms with Crippen molar-refractivity contribution < 1.29 is 18.0 Å². The van der Waals surface area contributed by atoms with Crippen LogP contribution in [0.15, 0.2) is 53.4 Å². The second kappa shape index (κ2) is 10.1. The lowest BCUT2D eigenvalue weighted by Gasteiger charge is -2.45. The van der Waals surface area contributed by atoms with E-state index in [1.165, 1.54) is 30.6 Å². The van der Waals surface area contributed by atoms with Crippen molar-refractivity contribution in [2.75, 3.05) is 43.5 Å². The van der Waals surface area contributed by atoms with E-state index in [-0.39, 0.29) is 29.3 Å². The molecule has 4 rings (SSSR count). The van der Waals surface area contributed by atoms with Gasteiger partial charge in [0, 0.05) is 27.2 Å². The smallest absolute Gasteiger partial charge is 0.250 e. The molecule has 9 heteroatoms. The summed E-state index contributed by atoms with van der Waals surface area (Å²) in [6, 6.07) is 14.6. The standard InChI is InChI=1S/C25H32N4O4S/c1-27(2)34(32,33)20-13-14-21-23(17-20)29(25(31)22-12-6-7-16-28(21)22)18-24(30)26-15-8-11-19-9-4-3-5-10-19/h3-5,9-10,13-14,17,22H,6-8,11-12,15-16,18H2,1-2H3,(H,26,30)/t22-/m0/s1. The zero-order valence-corrected chi connectivity index (χ0v) is 20.6. The third-order valence-electron chi connectivity index (χ3n) is 6.49. The molecule has 1 saturated heterocycles. The van der Waals surface area contributed by atoms with Crippen LogP contribution < -0.4 is 15.1 Å². The van der Waals surface area contributed by atoms with Gasteiger partial charge in [0.2, 0.25) is 21.8 Å². The van der Waals surface area contributed by atoms with E-state index in [1.807, 2.05) is 18.2 Å². The first-order valence-corrected chi connectivity index (χ1v) is 13.2. The molecule has 0 unspecified atom stereocenters. The Balaban J connectivity index is 1.52. The van der Waals surface area contributed by atoms with Gasteiger partial charge in [-0.3, -0.25) is 14.5 Å². The fraction of sp³-hybridized carbons (Fsp3) is 0.440.